The molecule has 2 N–H and O–H groups in total. The number of hydrogen-bond donors (Lipinski definition) is 2. The Balaban J connectivity index is 1.88. The first-order valence-corrected chi connectivity index (χ1v) is 6.97. The van der Waals surface area contributed by atoms with E-state index in [2.05, 4.69) is 5.32 Å². The van der Waals surface area contributed by atoms with Crippen molar-refractivity contribution in [3.8, 4) is 5.75 Å². The standard InChI is InChI=1S/C15H22N2O3/c1-20-8-7-16-10-15(19)17(13-5-6-13)11-12-3-2-4-14(18)9-12/h2-4,9,13,16,18H,5-8,10-11H2,1H3. The van der Waals surface area contributed by atoms with E-state index in [1.54, 1.807) is 25.3 Å². The molecule has 1 aliphatic rings. The summed E-state index contributed by atoms with van der Waals surface area (Å²) in [5.74, 6) is 0.343. The highest BCUT2D eigenvalue weighted by Gasteiger charge is 2.32. The molecule has 0 heterocycles. The van der Waals surface area contributed by atoms with Crippen molar-refractivity contribution in [2.45, 2.75) is 25.4 Å². The second-order valence-electron chi connectivity index (χ2n) is 5.09. The molecule has 1 aromatic carbocycles. The molecule has 0 spiro atoms. The Kier molecular flexibility index (Phi) is 5.38. The summed E-state index contributed by atoms with van der Waals surface area (Å²) in [5, 5.41) is 12.6. The van der Waals surface area contributed by atoms with Crippen molar-refractivity contribution in [3.05, 3.63) is 29.8 Å². The molecule has 0 aliphatic heterocycles. The fraction of sp³-hybridized carbons (Fsp3) is 0.533. The normalized spacial score (nSPS) is 14.2. The number of carbonyl (C=O) groups excluding carboxylic acids is 1. The zero-order valence-electron chi connectivity index (χ0n) is 11.8. The van der Waals surface area contributed by atoms with E-state index in [1.807, 2.05) is 11.0 Å². The Morgan fingerprint density at radius 2 is 2.30 bits per heavy atom. The summed E-state index contributed by atoms with van der Waals surface area (Å²) >= 11 is 0. The van der Waals surface area contributed by atoms with Crippen LogP contribution in [0.4, 0.5) is 0 Å². The largest absolute Gasteiger partial charge is 0.508 e. The van der Waals surface area contributed by atoms with E-state index in [-0.39, 0.29) is 11.7 Å². The van der Waals surface area contributed by atoms with Crippen LogP contribution in [0.15, 0.2) is 24.3 Å². The topological polar surface area (TPSA) is 61.8 Å². The van der Waals surface area contributed by atoms with Crippen LogP contribution in [0.5, 0.6) is 5.75 Å². The molecule has 0 bridgehead atoms. The molecule has 0 unspecified atom stereocenters. The molecule has 0 atom stereocenters. The van der Waals surface area contributed by atoms with Crippen molar-refractivity contribution >= 4 is 5.91 Å². The van der Waals surface area contributed by atoms with Crippen LogP contribution < -0.4 is 5.32 Å². The van der Waals surface area contributed by atoms with Crippen molar-refractivity contribution in [3.63, 3.8) is 0 Å². The van der Waals surface area contributed by atoms with Gasteiger partial charge in [-0.25, -0.2) is 0 Å². The number of nitrogens with zero attached hydrogens (tertiary/aromatic N) is 1. The van der Waals surface area contributed by atoms with Crippen LogP contribution in [-0.4, -0.2) is 48.8 Å². The Morgan fingerprint density at radius 1 is 1.50 bits per heavy atom. The smallest absolute Gasteiger partial charge is 0.237 e. The number of aromatic hydroxyl groups is 1. The van der Waals surface area contributed by atoms with Gasteiger partial charge in [-0.1, -0.05) is 12.1 Å². The van der Waals surface area contributed by atoms with Crippen LogP contribution in [0.1, 0.15) is 18.4 Å². The lowest BCUT2D eigenvalue weighted by molar-refractivity contribution is -0.131. The number of nitrogens with one attached hydrogen (secondary N) is 1. The molecule has 20 heavy (non-hydrogen) atoms. The van der Waals surface area contributed by atoms with E-state index in [4.69, 9.17) is 4.74 Å². The van der Waals surface area contributed by atoms with Crippen molar-refractivity contribution in [1.29, 1.82) is 0 Å². The van der Waals surface area contributed by atoms with E-state index in [1.165, 1.54) is 0 Å². The van der Waals surface area contributed by atoms with Crippen LogP contribution >= 0.6 is 0 Å². The number of carbonyl (C=O) groups is 1. The van der Waals surface area contributed by atoms with Gasteiger partial charge in [0.05, 0.1) is 13.2 Å². The summed E-state index contributed by atoms with van der Waals surface area (Å²) in [6.07, 6.45) is 2.14. The highest BCUT2D eigenvalue weighted by Crippen LogP contribution is 2.28. The molecule has 5 nitrogen and oxygen atoms in total. The van der Waals surface area contributed by atoms with Crippen molar-refractivity contribution in [2.75, 3.05) is 26.8 Å². The highest BCUT2D eigenvalue weighted by molar-refractivity contribution is 5.79. The van der Waals surface area contributed by atoms with Crippen LogP contribution in [0.3, 0.4) is 0 Å². The van der Waals surface area contributed by atoms with Crippen molar-refractivity contribution in [1.82, 2.24) is 10.2 Å². The van der Waals surface area contributed by atoms with Gasteiger partial charge in [-0.05, 0) is 30.5 Å². The van der Waals surface area contributed by atoms with Gasteiger partial charge in [0.2, 0.25) is 5.91 Å². The Hall–Kier alpha value is -1.59. The third-order valence-corrected chi connectivity index (χ3v) is 3.33. The van der Waals surface area contributed by atoms with Gasteiger partial charge < -0.3 is 20.1 Å². The van der Waals surface area contributed by atoms with Gasteiger partial charge in [-0.3, -0.25) is 4.79 Å². The average molecular weight is 278 g/mol. The number of methoxy groups -OCH3 is 1. The third-order valence-electron chi connectivity index (χ3n) is 3.33. The van der Waals surface area contributed by atoms with Gasteiger partial charge in [-0.15, -0.1) is 0 Å². The molecule has 0 radical (unpaired) electrons. The molecule has 1 aliphatic carbocycles. The van der Waals surface area contributed by atoms with E-state index < -0.39 is 0 Å². The summed E-state index contributed by atoms with van der Waals surface area (Å²) in [6.45, 7) is 2.17. The summed E-state index contributed by atoms with van der Waals surface area (Å²) in [7, 11) is 1.64. The van der Waals surface area contributed by atoms with Gasteiger partial charge in [0, 0.05) is 26.2 Å². The first kappa shape index (κ1) is 14.8. The second-order valence-corrected chi connectivity index (χ2v) is 5.09. The lowest BCUT2D eigenvalue weighted by atomic mass is 10.2. The number of hydrogen-bond acceptors (Lipinski definition) is 4. The SMILES string of the molecule is COCCNCC(=O)N(Cc1cccc(O)c1)C1CC1. The molecule has 5 heteroatoms. The minimum atomic E-state index is 0.104. The molecule has 0 saturated heterocycles. The maximum absolute atomic E-state index is 12.2. The van der Waals surface area contributed by atoms with E-state index in [0.717, 1.165) is 18.4 Å². The lowest BCUT2D eigenvalue weighted by Gasteiger charge is -2.23. The van der Waals surface area contributed by atoms with Gasteiger partial charge in [0.25, 0.3) is 0 Å². The average Bonchev–Trinajstić information content (AvgIpc) is 3.25. The van der Waals surface area contributed by atoms with Gasteiger partial charge >= 0.3 is 0 Å². The van der Waals surface area contributed by atoms with Gasteiger partial charge in [0.15, 0.2) is 0 Å². The van der Waals surface area contributed by atoms with Crippen molar-refractivity contribution in [2.24, 2.45) is 0 Å². The number of ether oxygens (including phenoxy) is 1. The molecule has 0 aromatic heterocycles. The maximum atomic E-state index is 12.2. The van der Waals surface area contributed by atoms with E-state index in [9.17, 15) is 9.90 Å². The quantitative estimate of drug-likeness (QED) is 0.700. The minimum Gasteiger partial charge on any atom is -0.508 e. The summed E-state index contributed by atoms with van der Waals surface area (Å²) < 4.78 is 4.94. The number of phenolic OH excluding ortho intramolecular Hbond substituents is 1. The monoisotopic (exact) mass is 278 g/mol. The fourth-order valence-corrected chi connectivity index (χ4v) is 2.13. The van der Waals surface area contributed by atoms with Gasteiger partial charge in [-0.2, -0.15) is 0 Å². The molecule has 1 aromatic rings. The number of phenols is 1. The molecule has 110 valence electrons. The van der Waals surface area contributed by atoms with Crippen molar-refractivity contribution < 1.29 is 14.6 Å². The molecule has 1 amide bonds. The fourth-order valence-electron chi connectivity index (χ4n) is 2.13. The Bertz CT molecular complexity index is 446. The Labute approximate surface area is 119 Å². The lowest BCUT2D eigenvalue weighted by Crippen LogP contribution is -2.39. The molecular weight excluding hydrogens is 256 g/mol. The second kappa shape index (κ2) is 7.26. The zero-order chi connectivity index (χ0) is 14.4. The van der Waals surface area contributed by atoms with E-state index in [0.29, 0.717) is 32.3 Å². The first-order chi connectivity index (χ1) is 9.70. The predicted molar refractivity (Wildman–Crippen MR) is 76.4 cm³/mol. The van der Waals surface area contributed by atoms with Gasteiger partial charge in [0.1, 0.15) is 5.75 Å². The number of amides is 1. The first-order valence-electron chi connectivity index (χ1n) is 6.97. The molecule has 1 fully saturated rings. The predicted octanol–water partition coefficient (Wildman–Crippen LogP) is 1.12. The third kappa shape index (κ3) is 4.51. The van der Waals surface area contributed by atoms with E-state index >= 15 is 0 Å². The van der Waals surface area contributed by atoms with Crippen LogP contribution in [-0.2, 0) is 16.1 Å². The summed E-state index contributed by atoms with van der Waals surface area (Å²) in [5.41, 5.74) is 0.960. The number of rotatable bonds is 8. The zero-order valence-corrected chi connectivity index (χ0v) is 11.8. The summed E-state index contributed by atoms with van der Waals surface area (Å²) in [4.78, 5) is 14.1. The molecule has 2 rings (SSSR count). The summed E-state index contributed by atoms with van der Waals surface area (Å²) in [6, 6.07) is 7.44. The van der Waals surface area contributed by atoms with Crippen LogP contribution in [0.2, 0.25) is 0 Å². The molecule has 1 saturated carbocycles. The minimum absolute atomic E-state index is 0.104. The maximum Gasteiger partial charge on any atom is 0.237 e. The Morgan fingerprint density at radius 3 is 2.95 bits per heavy atom. The molecular formula is C15H22N2O3. The van der Waals surface area contributed by atoms with Crippen LogP contribution in [0.25, 0.3) is 0 Å². The number of benzene rings is 1. The van der Waals surface area contributed by atoms with Crippen LogP contribution in [0, 0.1) is 0 Å². The highest BCUT2D eigenvalue weighted by atomic mass is 16.5.